The number of aromatic nitrogens is 3. The van der Waals surface area contributed by atoms with Crippen molar-refractivity contribution >= 4 is 29.3 Å². The van der Waals surface area contributed by atoms with Gasteiger partial charge in [0.1, 0.15) is 12.4 Å². The Morgan fingerprint density at radius 2 is 2.06 bits per heavy atom. The zero-order valence-corrected chi connectivity index (χ0v) is 19.4. The van der Waals surface area contributed by atoms with E-state index in [4.69, 9.17) is 15.6 Å². The van der Waals surface area contributed by atoms with E-state index in [9.17, 15) is 0 Å². The number of quaternary nitrogens is 1. The third-order valence-electron chi connectivity index (χ3n) is 5.72. The molecule has 1 fully saturated rings. The van der Waals surface area contributed by atoms with Crippen LogP contribution in [0.3, 0.4) is 0 Å². The van der Waals surface area contributed by atoms with E-state index >= 15 is 0 Å². The maximum atomic E-state index is 5.93. The summed E-state index contributed by atoms with van der Waals surface area (Å²) in [5.74, 6) is 7.08. The molecule has 12 nitrogen and oxygen atoms in total. The number of thiazole rings is 1. The number of nitrogens with zero attached hydrogens (tertiary/aromatic N) is 10. The smallest absolute Gasteiger partial charge is 0.274 e. The Morgan fingerprint density at radius 1 is 1.24 bits per heavy atom. The van der Waals surface area contributed by atoms with Crippen molar-refractivity contribution in [3.63, 3.8) is 0 Å². The molecule has 1 saturated heterocycles. The molecule has 2 aliphatic heterocycles. The number of rotatable bonds is 8. The lowest BCUT2D eigenvalue weighted by atomic mass is 10.1. The summed E-state index contributed by atoms with van der Waals surface area (Å²) in [5.41, 5.74) is 2.74. The summed E-state index contributed by atoms with van der Waals surface area (Å²) in [7, 11) is 0. The van der Waals surface area contributed by atoms with Crippen LogP contribution in [0.1, 0.15) is 35.5 Å². The van der Waals surface area contributed by atoms with Crippen LogP contribution in [0.25, 0.3) is 0 Å². The molecule has 0 spiro atoms. The van der Waals surface area contributed by atoms with Gasteiger partial charge in [-0.25, -0.2) is 15.0 Å². The predicted molar refractivity (Wildman–Crippen MR) is 128 cm³/mol. The van der Waals surface area contributed by atoms with Crippen molar-refractivity contribution in [1.82, 2.24) is 19.7 Å². The molecule has 2 atom stereocenters. The quantitative estimate of drug-likeness (QED) is 0.225. The van der Waals surface area contributed by atoms with Crippen LogP contribution >= 0.6 is 11.3 Å². The topological polar surface area (TPSA) is 139 Å². The van der Waals surface area contributed by atoms with E-state index in [2.05, 4.69) is 53.2 Å². The van der Waals surface area contributed by atoms with Crippen molar-refractivity contribution in [2.45, 2.75) is 32.3 Å². The van der Waals surface area contributed by atoms with Gasteiger partial charge in [0.2, 0.25) is 5.95 Å². The number of benzene rings is 1. The van der Waals surface area contributed by atoms with Gasteiger partial charge in [-0.2, -0.15) is 0 Å². The molecule has 0 aliphatic carbocycles. The monoisotopic (exact) mass is 478 g/mol. The molecular formula is C21H24N11OS+. The van der Waals surface area contributed by atoms with Crippen LogP contribution in [0.15, 0.2) is 68.0 Å². The molecule has 0 bridgehead atoms. The third-order valence-corrected chi connectivity index (χ3v) is 6.78. The lowest BCUT2D eigenvalue weighted by Gasteiger charge is -2.15. The Balaban J connectivity index is 1.17. The van der Waals surface area contributed by atoms with Gasteiger partial charge in [-0.15, -0.1) is 11.3 Å². The fourth-order valence-corrected chi connectivity index (χ4v) is 4.76. The Labute approximate surface area is 200 Å². The molecule has 0 saturated carbocycles. The van der Waals surface area contributed by atoms with Gasteiger partial charge in [-0.05, 0) is 35.8 Å². The average Bonchev–Trinajstić information content (AvgIpc) is 3.65. The molecule has 174 valence electrons. The van der Waals surface area contributed by atoms with Crippen molar-refractivity contribution < 1.29 is 4.74 Å². The minimum absolute atomic E-state index is 0.363. The lowest BCUT2D eigenvalue weighted by molar-refractivity contribution is 0.301. The van der Waals surface area contributed by atoms with Crippen molar-refractivity contribution in [2.24, 2.45) is 31.8 Å². The molecule has 0 radical (unpaired) electrons. The van der Waals surface area contributed by atoms with Crippen LogP contribution in [0, 0.1) is 0 Å². The maximum absolute atomic E-state index is 5.93. The van der Waals surface area contributed by atoms with Gasteiger partial charge in [-0.3, -0.25) is 0 Å². The van der Waals surface area contributed by atoms with Crippen molar-refractivity contribution in [1.29, 1.82) is 0 Å². The molecule has 13 heteroatoms. The van der Waals surface area contributed by atoms with Crippen molar-refractivity contribution in [2.75, 3.05) is 18.0 Å². The molecule has 34 heavy (non-hydrogen) atoms. The van der Waals surface area contributed by atoms with Crippen LogP contribution in [0.5, 0.6) is 5.75 Å². The predicted octanol–water partition coefficient (Wildman–Crippen LogP) is 3.94. The molecule has 3 aromatic rings. The van der Waals surface area contributed by atoms with E-state index in [-0.39, 0.29) is 4.70 Å². The highest BCUT2D eigenvalue weighted by molar-refractivity contribution is 7.09. The Hall–Kier alpha value is -3.84. The second-order valence-corrected chi connectivity index (χ2v) is 8.79. The molecule has 5 rings (SSSR count). The van der Waals surface area contributed by atoms with Crippen molar-refractivity contribution in [3.8, 4) is 5.75 Å². The van der Waals surface area contributed by atoms with Crippen LogP contribution in [-0.4, -0.2) is 34.4 Å². The molecular weight excluding hydrogens is 454 g/mol. The first-order valence-electron chi connectivity index (χ1n) is 10.9. The first-order valence-corrected chi connectivity index (χ1v) is 11.8. The molecule has 4 heterocycles. The first kappa shape index (κ1) is 22.0. The molecule has 2 aliphatic rings. The van der Waals surface area contributed by atoms with Crippen LogP contribution in [0.2, 0.25) is 0 Å². The summed E-state index contributed by atoms with van der Waals surface area (Å²) in [6, 6.07) is 7.29. The van der Waals surface area contributed by atoms with E-state index < -0.39 is 0 Å². The zero-order valence-electron chi connectivity index (χ0n) is 18.6. The van der Waals surface area contributed by atoms with Gasteiger partial charge in [0, 0.05) is 58.8 Å². The number of hydrogen-bond donors (Lipinski definition) is 1. The normalized spacial score (nSPS) is 21.7. The highest BCUT2D eigenvalue weighted by Crippen LogP contribution is 2.32. The molecule has 2 aromatic heterocycles. The third kappa shape index (κ3) is 4.47. The van der Waals surface area contributed by atoms with Crippen LogP contribution in [0.4, 0.5) is 11.6 Å². The van der Waals surface area contributed by atoms with Gasteiger partial charge >= 0.3 is 0 Å². The Morgan fingerprint density at radius 3 is 2.76 bits per heavy atom. The summed E-state index contributed by atoms with van der Waals surface area (Å²) >= 11 is 1.68. The minimum Gasteiger partial charge on any atom is -0.487 e. The molecule has 2 unspecified atom stereocenters. The highest BCUT2D eigenvalue weighted by atomic mass is 32.1. The summed E-state index contributed by atoms with van der Waals surface area (Å²) < 4.78 is 5.57. The molecule has 0 amide bonds. The second kappa shape index (κ2) is 9.57. The SMILES string of the molecule is CCc1cnc(N2CCC(c3nc(COc4ccc([N+]5(N=NN)C=NN=N5)cc4)cs3)C2)nc1. The highest BCUT2D eigenvalue weighted by Gasteiger charge is 2.35. The molecule has 1 aromatic carbocycles. The average molecular weight is 479 g/mol. The van der Waals surface area contributed by atoms with Gasteiger partial charge in [0.15, 0.2) is 5.69 Å². The van der Waals surface area contributed by atoms with Gasteiger partial charge in [0.05, 0.1) is 21.1 Å². The van der Waals surface area contributed by atoms with E-state index in [1.807, 2.05) is 36.7 Å². The number of ether oxygens (including phenoxy) is 1. The zero-order chi connectivity index (χ0) is 23.4. The van der Waals surface area contributed by atoms with E-state index in [0.717, 1.165) is 48.1 Å². The second-order valence-electron chi connectivity index (χ2n) is 7.90. The number of nitrogens with two attached hydrogens (primary N) is 1. The number of hydrogen-bond acceptors (Lipinski definition) is 11. The number of anilines is 1. The fraction of sp³-hybridized carbons (Fsp3) is 0.333. The minimum atomic E-state index is -0.363. The van der Waals surface area contributed by atoms with Crippen molar-refractivity contribution in [3.05, 3.63) is 58.3 Å². The van der Waals surface area contributed by atoms with Crippen LogP contribution < -0.4 is 20.2 Å². The first-order chi connectivity index (χ1) is 16.7. The van der Waals surface area contributed by atoms with Gasteiger partial charge < -0.3 is 15.5 Å². The van der Waals surface area contributed by atoms with E-state index in [0.29, 0.717) is 24.0 Å². The Kier molecular flexibility index (Phi) is 6.18. The number of aryl methyl sites for hydroxylation is 1. The Bertz CT molecular complexity index is 1190. The molecule has 2 N–H and O–H groups in total. The summed E-state index contributed by atoms with van der Waals surface area (Å²) in [6.07, 6.45) is 7.23. The lowest BCUT2D eigenvalue weighted by Crippen LogP contribution is -2.33. The van der Waals surface area contributed by atoms with Gasteiger partial charge in [-0.1, -0.05) is 12.0 Å². The van der Waals surface area contributed by atoms with Gasteiger partial charge in [0.25, 0.3) is 6.34 Å². The largest absolute Gasteiger partial charge is 0.487 e. The van der Waals surface area contributed by atoms with E-state index in [1.54, 1.807) is 11.3 Å². The summed E-state index contributed by atoms with van der Waals surface area (Å²) in [4.78, 5) is 16.1. The van der Waals surface area contributed by atoms with E-state index in [1.165, 1.54) is 6.34 Å². The summed E-state index contributed by atoms with van der Waals surface area (Å²) in [6.45, 7) is 4.30. The van der Waals surface area contributed by atoms with Crippen LogP contribution in [-0.2, 0) is 13.0 Å². The summed E-state index contributed by atoms with van der Waals surface area (Å²) in [5, 5.41) is 21.7. The fourth-order valence-electron chi connectivity index (χ4n) is 3.82. The standard InChI is InChI=1S/C21H24N11OS/c1-2-15-9-23-21(24-10-15)31-8-7-16(11-31)20-26-17(13-34-20)12-33-19-5-3-18(4-6-19)32(29-27-22)14-25-28-30-32/h3-6,9-10,13-14,16H,2,7-8,11-12H2,1H3,(H2,22,29)/q+1. The maximum Gasteiger partial charge on any atom is 0.274 e.